The number of halogens is 3. The average Bonchev–Trinajstić information content (AvgIpc) is 3.13. The van der Waals surface area contributed by atoms with E-state index in [9.17, 15) is 22.8 Å². The van der Waals surface area contributed by atoms with E-state index in [0.717, 1.165) is 16.4 Å². The van der Waals surface area contributed by atoms with Crippen molar-refractivity contribution in [3.8, 4) is 0 Å². The van der Waals surface area contributed by atoms with Gasteiger partial charge in [0.1, 0.15) is 17.7 Å². The summed E-state index contributed by atoms with van der Waals surface area (Å²) in [5.41, 5.74) is 1.78. The van der Waals surface area contributed by atoms with Crippen molar-refractivity contribution >= 4 is 39.4 Å². The van der Waals surface area contributed by atoms with Crippen LogP contribution in [0.1, 0.15) is 6.42 Å². The first-order chi connectivity index (χ1) is 12.8. The fourth-order valence-electron chi connectivity index (χ4n) is 3.37. The summed E-state index contributed by atoms with van der Waals surface area (Å²) in [6, 6.07) is 12.7. The van der Waals surface area contributed by atoms with Gasteiger partial charge in [-0.2, -0.15) is 13.2 Å². The minimum Gasteiger partial charge on any atom is -0.456 e. The van der Waals surface area contributed by atoms with Crippen molar-refractivity contribution < 1.29 is 27.2 Å². The maximum Gasteiger partial charge on any atom is 0.406 e. The molecule has 1 aromatic heterocycles. The molecule has 2 amide bonds. The highest BCUT2D eigenvalue weighted by molar-refractivity contribution is 6.06. The Labute approximate surface area is 151 Å². The zero-order chi connectivity index (χ0) is 19.2. The van der Waals surface area contributed by atoms with Crippen LogP contribution in [-0.4, -0.2) is 36.0 Å². The van der Waals surface area contributed by atoms with Crippen molar-refractivity contribution in [1.82, 2.24) is 4.90 Å². The molecule has 4 rings (SSSR count). The summed E-state index contributed by atoms with van der Waals surface area (Å²) in [4.78, 5) is 24.8. The number of furan rings is 1. The third-order valence-electron chi connectivity index (χ3n) is 4.60. The van der Waals surface area contributed by atoms with E-state index < -0.39 is 30.5 Å². The van der Waals surface area contributed by atoms with E-state index in [4.69, 9.17) is 4.42 Å². The lowest BCUT2D eigenvalue weighted by Gasteiger charge is -2.18. The second kappa shape index (κ2) is 6.29. The molecule has 1 unspecified atom stereocenters. The number of benzene rings is 2. The molecule has 1 atom stereocenters. The van der Waals surface area contributed by atoms with Crippen LogP contribution in [0.15, 0.2) is 46.9 Å². The van der Waals surface area contributed by atoms with Gasteiger partial charge in [-0.15, -0.1) is 0 Å². The van der Waals surface area contributed by atoms with Gasteiger partial charge in [-0.1, -0.05) is 18.2 Å². The van der Waals surface area contributed by atoms with Gasteiger partial charge in [0, 0.05) is 35.5 Å². The topological polar surface area (TPSA) is 62.6 Å². The number of nitrogens with one attached hydrogen (secondary N) is 1. The molecule has 0 spiro atoms. The molecule has 1 fully saturated rings. The summed E-state index contributed by atoms with van der Waals surface area (Å²) < 4.78 is 43.2. The Hall–Kier alpha value is -3.03. The number of hydrogen-bond acceptors (Lipinski definition) is 3. The van der Waals surface area contributed by atoms with Crippen LogP contribution in [0.25, 0.3) is 21.9 Å². The molecule has 0 aliphatic carbocycles. The lowest BCUT2D eigenvalue weighted by atomic mass is 10.1. The summed E-state index contributed by atoms with van der Waals surface area (Å²) in [7, 11) is 0. The van der Waals surface area contributed by atoms with E-state index in [1.807, 2.05) is 30.3 Å². The normalized spacial score (nSPS) is 17.8. The van der Waals surface area contributed by atoms with Crippen LogP contribution in [0.4, 0.5) is 18.9 Å². The van der Waals surface area contributed by atoms with E-state index >= 15 is 0 Å². The van der Waals surface area contributed by atoms with Gasteiger partial charge in [-0.25, -0.2) is 0 Å². The van der Waals surface area contributed by atoms with Gasteiger partial charge in [-0.3, -0.25) is 9.59 Å². The van der Waals surface area contributed by atoms with Crippen LogP contribution < -0.4 is 5.32 Å². The lowest BCUT2D eigenvalue weighted by Crippen LogP contribution is -2.36. The number of alkyl halides is 3. The maximum absolute atomic E-state index is 12.5. The standard InChI is InChI=1S/C19H15F3N2O3/c20-19(21,22)10-24-9-11(7-17(24)25)18(26)23-12-5-6-14-13-3-1-2-4-15(13)27-16(14)8-12/h1-6,8,11H,7,9-10H2,(H,23,26). The Morgan fingerprint density at radius 3 is 2.67 bits per heavy atom. The molecule has 8 heteroatoms. The van der Waals surface area contributed by atoms with Crippen LogP contribution in [0.2, 0.25) is 0 Å². The monoisotopic (exact) mass is 376 g/mol. The van der Waals surface area contributed by atoms with Crippen LogP contribution in [0.3, 0.4) is 0 Å². The predicted molar refractivity (Wildman–Crippen MR) is 93.1 cm³/mol. The first-order valence-corrected chi connectivity index (χ1v) is 8.37. The Morgan fingerprint density at radius 1 is 1.15 bits per heavy atom. The molecule has 2 heterocycles. The molecule has 0 saturated carbocycles. The molecule has 1 aliphatic heterocycles. The van der Waals surface area contributed by atoms with E-state index in [-0.39, 0.29) is 13.0 Å². The van der Waals surface area contributed by atoms with Gasteiger partial charge in [0.2, 0.25) is 11.8 Å². The van der Waals surface area contributed by atoms with E-state index in [1.54, 1.807) is 12.1 Å². The highest BCUT2D eigenvalue weighted by Gasteiger charge is 2.40. The predicted octanol–water partition coefficient (Wildman–Crippen LogP) is 3.94. The smallest absolute Gasteiger partial charge is 0.406 e. The van der Waals surface area contributed by atoms with Crippen LogP contribution in [0, 0.1) is 5.92 Å². The van der Waals surface area contributed by atoms with E-state index in [1.165, 1.54) is 0 Å². The molecular formula is C19H15F3N2O3. The summed E-state index contributed by atoms with van der Waals surface area (Å²) in [5.74, 6) is -1.96. The van der Waals surface area contributed by atoms with Crippen LogP contribution >= 0.6 is 0 Å². The Bertz CT molecular complexity index is 1040. The summed E-state index contributed by atoms with van der Waals surface area (Å²) in [6.45, 7) is -1.57. The van der Waals surface area contributed by atoms with Gasteiger partial charge in [0.05, 0.1) is 5.92 Å². The largest absolute Gasteiger partial charge is 0.456 e. The lowest BCUT2D eigenvalue weighted by molar-refractivity contribution is -0.157. The van der Waals surface area contributed by atoms with Crippen LogP contribution in [-0.2, 0) is 9.59 Å². The molecule has 2 aromatic carbocycles. The molecule has 5 nitrogen and oxygen atoms in total. The number of nitrogens with zero attached hydrogens (tertiary/aromatic N) is 1. The second-order valence-electron chi connectivity index (χ2n) is 6.59. The van der Waals surface area contributed by atoms with Gasteiger partial charge < -0.3 is 14.6 Å². The zero-order valence-electron chi connectivity index (χ0n) is 14.0. The molecule has 1 saturated heterocycles. The van der Waals surface area contributed by atoms with Gasteiger partial charge in [0.15, 0.2) is 0 Å². The number of para-hydroxylation sites is 1. The maximum atomic E-state index is 12.5. The summed E-state index contributed by atoms with van der Waals surface area (Å²) in [5, 5.41) is 4.52. The van der Waals surface area contributed by atoms with E-state index in [0.29, 0.717) is 16.2 Å². The summed E-state index contributed by atoms with van der Waals surface area (Å²) >= 11 is 0. The van der Waals surface area contributed by atoms with Crippen molar-refractivity contribution in [2.24, 2.45) is 5.92 Å². The molecule has 1 aliphatic rings. The zero-order valence-corrected chi connectivity index (χ0v) is 14.0. The highest BCUT2D eigenvalue weighted by Crippen LogP contribution is 2.31. The fraction of sp³-hybridized carbons (Fsp3) is 0.263. The molecule has 140 valence electrons. The number of hydrogen-bond donors (Lipinski definition) is 1. The second-order valence-corrected chi connectivity index (χ2v) is 6.59. The number of carbonyl (C=O) groups is 2. The minimum absolute atomic E-state index is 0.227. The Morgan fingerprint density at radius 2 is 1.89 bits per heavy atom. The van der Waals surface area contributed by atoms with Crippen molar-refractivity contribution in [3.05, 3.63) is 42.5 Å². The Kier molecular flexibility index (Phi) is 4.05. The number of fused-ring (bicyclic) bond motifs is 3. The number of likely N-dealkylation sites (tertiary alicyclic amines) is 1. The van der Waals surface area contributed by atoms with Crippen molar-refractivity contribution in [1.29, 1.82) is 0 Å². The van der Waals surface area contributed by atoms with Gasteiger partial charge >= 0.3 is 6.18 Å². The Balaban J connectivity index is 1.50. The van der Waals surface area contributed by atoms with Gasteiger partial charge in [-0.05, 0) is 18.2 Å². The molecule has 0 bridgehead atoms. The molecule has 27 heavy (non-hydrogen) atoms. The number of amides is 2. The van der Waals surface area contributed by atoms with Crippen LogP contribution in [0.5, 0.6) is 0 Å². The SMILES string of the molecule is O=C(Nc1ccc2c(c1)oc1ccccc12)C1CC(=O)N(CC(F)(F)F)C1. The summed E-state index contributed by atoms with van der Waals surface area (Å²) in [6.07, 6.45) is -4.71. The third-order valence-corrected chi connectivity index (χ3v) is 4.60. The first-order valence-electron chi connectivity index (χ1n) is 8.37. The molecule has 0 radical (unpaired) electrons. The molecular weight excluding hydrogens is 361 g/mol. The number of anilines is 1. The quantitative estimate of drug-likeness (QED) is 0.753. The van der Waals surface area contributed by atoms with E-state index in [2.05, 4.69) is 5.32 Å². The number of carbonyl (C=O) groups excluding carboxylic acids is 2. The third kappa shape index (κ3) is 3.47. The minimum atomic E-state index is -4.48. The molecule has 1 N–H and O–H groups in total. The fourth-order valence-corrected chi connectivity index (χ4v) is 3.37. The first kappa shape index (κ1) is 17.4. The molecule has 3 aromatic rings. The van der Waals surface area contributed by atoms with Gasteiger partial charge in [0.25, 0.3) is 0 Å². The number of rotatable bonds is 3. The van der Waals surface area contributed by atoms with Crippen molar-refractivity contribution in [2.45, 2.75) is 12.6 Å². The average molecular weight is 376 g/mol. The van der Waals surface area contributed by atoms with Crippen molar-refractivity contribution in [2.75, 3.05) is 18.4 Å². The van der Waals surface area contributed by atoms with Crippen molar-refractivity contribution in [3.63, 3.8) is 0 Å². The highest BCUT2D eigenvalue weighted by atomic mass is 19.4.